The normalized spacial score (nSPS) is 12.3. The number of carbonyl (C=O) groups excluding carboxylic acids is 1. The van der Waals surface area contributed by atoms with Gasteiger partial charge in [-0.1, -0.05) is 30.3 Å². The molecular formula is C16H11F3N2O2. The van der Waals surface area contributed by atoms with E-state index in [1.54, 1.807) is 12.1 Å². The highest BCUT2D eigenvalue weighted by Crippen LogP contribution is 2.32. The van der Waals surface area contributed by atoms with Crippen LogP contribution >= 0.6 is 0 Å². The molecule has 0 heterocycles. The number of alkyl halides is 3. The van der Waals surface area contributed by atoms with Crippen molar-refractivity contribution in [2.45, 2.75) is 12.3 Å². The van der Waals surface area contributed by atoms with Crippen molar-refractivity contribution in [2.75, 3.05) is 4.90 Å². The number of halogens is 3. The van der Waals surface area contributed by atoms with Crippen LogP contribution < -0.4 is 4.90 Å². The zero-order chi connectivity index (χ0) is 17.0. The lowest BCUT2D eigenvalue weighted by Crippen LogP contribution is -2.38. The molecular weight excluding hydrogens is 309 g/mol. The number of benzene rings is 2. The molecule has 118 valence electrons. The summed E-state index contributed by atoms with van der Waals surface area (Å²) in [7, 11) is 0. The van der Waals surface area contributed by atoms with Crippen LogP contribution in [0, 0.1) is 11.3 Å². The molecule has 1 unspecified atom stereocenters. The topological polar surface area (TPSA) is 64.3 Å². The lowest BCUT2D eigenvalue weighted by Gasteiger charge is -2.24. The maximum absolute atomic E-state index is 12.9. The Morgan fingerprint density at radius 2 is 1.70 bits per heavy atom. The molecule has 1 amide bonds. The SMILES string of the molecule is N#CC(O)c1cccc(N(C(=O)C(F)(F)F)c2ccccc2)c1. The fourth-order valence-electron chi connectivity index (χ4n) is 2.00. The average Bonchev–Trinajstić information content (AvgIpc) is 2.54. The lowest BCUT2D eigenvalue weighted by molar-refractivity contribution is -0.169. The van der Waals surface area contributed by atoms with Crippen LogP contribution in [0.5, 0.6) is 0 Å². The Labute approximate surface area is 130 Å². The Kier molecular flexibility index (Phi) is 4.67. The van der Waals surface area contributed by atoms with Gasteiger partial charge in [0.25, 0.3) is 0 Å². The van der Waals surface area contributed by atoms with Gasteiger partial charge in [0.2, 0.25) is 0 Å². The molecule has 0 aliphatic carbocycles. The second-order valence-corrected chi connectivity index (χ2v) is 4.60. The van der Waals surface area contributed by atoms with E-state index in [2.05, 4.69) is 0 Å². The number of rotatable bonds is 3. The Bertz CT molecular complexity index is 739. The van der Waals surface area contributed by atoms with Gasteiger partial charge in [0.15, 0.2) is 6.10 Å². The first-order valence-electron chi connectivity index (χ1n) is 6.48. The predicted molar refractivity (Wildman–Crippen MR) is 76.7 cm³/mol. The summed E-state index contributed by atoms with van der Waals surface area (Å²) in [5.74, 6) is -2.06. The van der Waals surface area contributed by atoms with Gasteiger partial charge < -0.3 is 5.11 Å². The Hall–Kier alpha value is -2.85. The number of hydrogen-bond acceptors (Lipinski definition) is 3. The van der Waals surface area contributed by atoms with Crippen molar-refractivity contribution in [3.8, 4) is 6.07 Å². The molecule has 0 aliphatic rings. The molecule has 4 nitrogen and oxygen atoms in total. The standard InChI is InChI=1S/C16H11F3N2O2/c17-16(18,19)15(23)21(12-6-2-1-3-7-12)13-8-4-5-11(9-13)14(22)10-20/h1-9,14,22H. The van der Waals surface area contributed by atoms with Crippen LogP contribution in [-0.4, -0.2) is 17.2 Å². The van der Waals surface area contributed by atoms with Crippen LogP contribution in [0.25, 0.3) is 0 Å². The zero-order valence-corrected chi connectivity index (χ0v) is 11.7. The van der Waals surface area contributed by atoms with Crippen molar-refractivity contribution in [1.82, 2.24) is 0 Å². The lowest BCUT2D eigenvalue weighted by atomic mass is 10.1. The van der Waals surface area contributed by atoms with Crippen LogP contribution in [0.1, 0.15) is 11.7 Å². The number of aliphatic hydroxyl groups excluding tert-OH is 1. The Morgan fingerprint density at radius 1 is 1.09 bits per heavy atom. The van der Waals surface area contributed by atoms with Gasteiger partial charge in [-0.3, -0.25) is 9.69 Å². The van der Waals surface area contributed by atoms with Gasteiger partial charge in [-0.05, 0) is 29.8 Å². The van der Waals surface area contributed by atoms with Gasteiger partial charge in [-0.15, -0.1) is 0 Å². The van der Waals surface area contributed by atoms with Crippen molar-refractivity contribution >= 4 is 17.3 Å². The van der Waals surface area contributed by atoms with Crippen LogP contribution in [-0.2, 0) is 4.79 Å². The third kappa shape index (κ3) is 3.67. The number of amides is 1. The van der Waals surface area contributed by atoms with Gasteiger partial charge >= 0.3 is 12.1 Å². The number of para-hydroxylation sites is 1. The fraction of sp³-hybridized carbons (Fsp3) is 0.125. The molecule has 0 aliphatic heterocycles. The summed E-state index contributed by atoms with van der Waals surface area (Å²) >= 11 is 0. The van der Waals surface area contributed by atoms with E-state index in [9.17, 15) is 23.1 Å². The predicted octanol–water partition coefficient (Wildman–Crippen LogP) is 3.47. The van der Waals surface area contributed by atoms with E-state index in [4.69, 9.17) is 5.26 Å². The van der Waals surface area contributed by atoms with Gasteiger partial charge in [0, 0.05) is 11.4 Å². The highest BCUT2D eigenvalue weighted by atomic mass is 19.4. The minimum absolute atomic E-state index is 0.0263. The van der Waals surface area contributed by atoms with E-state index in [-0.39, 0.29) is 16.9 Å². The van der Waals surface area contributed by atoms with Crippen LogP contribution in [0.15, 0.2) is 54.6 Å². The van der Waals surface area contributed by atoms with E-state index in [1.807, 2.05) is 0 Å². The number of anilines is 2. The first-order valence-corrected chi connectivity index (χ1v) is 6.48. The molecule has 0 aromatic heterocycles. The summed E-state index contributed by atoms with van der Waals surface area (Å²) in [5, 5.41) is 18.2. The zero-order valence-electron chi connectivity index (χ0n) is 11.7. The van der Waals surface area contributed by atoms with Gasteiger partial charge in [0.05, 0.1) is 6.07 Å². The largest absolute Gasteiger partial charge is 0.472 e. The highest BCUT2D eigenvalue weighted by Gasteiger charge is 2.43. The highest BCUT2D eigenvalue weighted by molar-refractivity contribution is 6.03. The minimum atomic E-state index is -5.07. The van der Waals surface area contributed by atoms with E-state index >= 15 is 0 Å². The quantitative estimate of drug-likeness (QED) is 0.881. The number of nitriles is 1. The second-order valence-electron chi connectivity index (χ2n) is 4.60. The number of aliphatic hydroxyl groups is 1. The molecule has 23 heavy (non-hydrogen) atoms. The minimum Gasteiger partial charge on any atom is -0.374 e. The summed E-state index contributed by atoms with van der Waals surface area (Å²) in [6, 6.07) is 14.1. The summed E-state index contributed by atoms with van der Waals surface area (Å²) in [5.41, 5.74) is 0.0321. The van der Waals surface area contributed by atoms with E-state index in [0.717, 1.165) is 0 Å². The summed E-state index contributed by atoms with van der Waals surface area (Å²) in [4.78, 5) is 12.3. The van der Waals surface area contributed by atoms with Crippen molar-refractivity contribution in [3.05, 3.63) is 60.2 Å². The summed E-state index contributed by atoms with van der Waals surface area (Å²) in [6.45, 7) is 0. The van der Waals surface area contributed by atoms with Crippen LogP contribution in [0.4, 0.5) is 24.5 Å². The van der Waals surface area contributed by atoms with Crippen LogP contribution in [0.3, 0.4) is 0 Å². The van der Waals surface area contributed by atoms with E-state index < -0.39 is 18.2 Å². The molecule has 1 N–H and O–H groups in total. The molecule has 2 aromatic rings. The molecule has 0 bridgehead atoms. The summed E-state index contributed by atoms with van der Waals surface area (Å²) < 4.78 is 38.7. The fourth-order valence-corrected chi connectivity index (χ4v) is 2.00. The monoisotopic (exact) mass is 320 g/mol. The second kappa shape index (κ2) is 6.50. The number of nitrogens with zero attached hydrogens (tertiary/aromatic N) is 2. The van der Waals surface area contributed by atoms with Crippen molar-refractivity contribution in [3.63, 3.8) is 0 Å². The van der Waals surface area contributed by atoms with E-state index in [0.29, 0.717) is 4.90 Å². The maximum Gasteiger partial charge on any atom is 0.472 e. The van der Waals surface area contributed by atoms with E-state index in [1.165, 1.54) is 48.5 Å². The van der Waals surface area contributed by atoms with Crippen molar-refractivity contribution in [2.24, 2.45) is 0 Å². The number of hydrogen-bond donors (Lipinski definition) is 1. The van der Waals surface area contributed by atoms with Gasteiger partial charge in [0.1, 0.15) is 0 Å². The third-order valence-corrected chi connectivity index (χ3v) is 3.03. The Morgan fingerprint density at radius 3 is 2.26 bits per heavy atom. The first kappa shape index (κ1) is 16.5. The van der Waals surface area contributed by atoms with Crippen molar-refractivity contribution < 1.29 is 23.1 Å². The third-order valence-electron chi connectivity index (χ3n) is 3.03. The molecule has 0 saturated carbocycles. The average molecular weight is 320 g/mol. The Balaban J connectivity index is 2.55. The smallest absolute Gasteiger partial charge is 0.374 e. The molecule has 0 radical (unpaired) electrons. The molecule has 0 saturated heterocycles. The first-order chi connectivity index (χ1) is 10.8. The maximum atomic E-state index is 12.9. The van der Waals surface area contributed by atoms with Crippen molar-refractivity contribution in [1.29, 1.82) is 5.26 Å². The van der Waals surface area contributed by atoms with Crippen LogP contribution in [0.2, 0.25) is 0 Å². The number of carbonyl (C=O) groups is 1. The molecule has 1 atom stereocenters. The molecule has 0 fully saturated rings. The molecule has 7 heteroatoms. The molecule has 0 spiro atoms. The summed E-state index contributed by atoms with van der Waals surface area (Å²) in [6.07, 6.45) is -6.56. The van der Waals surface area contributed by atoms with Gasteiger partial charge in [-0.2, -0.15) is 18.4 Å². The van der Waals surface area contributed by atoms with Gasteiger partial charge in [-0.25, -0.2) is 0 Å². The molecule has 2 aromatic carbocycles. The molecule has 2 rings (SSSR count).